The molecule has 3 N–H and O–H groups in total. The number of hydrogen-bond donors (Lipinski definition) is 3. The van der Waals surface area contributed by atoms with Gasteiger partial charge in [0.1, 0.15) is 11.5 Å². The summed E-state index contributed by atoms with van der Waals surface area (Å²) < 4.78 is 5.71. The summed E-state index contributed by atoms with van der Waals surface area (Å²) in [6.07, 6.45) is -0.00372. The Labute approximate surface area is 129 Å². The molecule has 0 saturated carbocycles. The summed E-state index contributed by atoms with van der Waals surface area (Å²) in [4.78, 5) is 38.1. The Kier molecular flexibility index (Phi) is 5.63. The number of carbonyl (C=O) groups is 1. The number of para-hydroxylation sites is 1. The number of Topliss-reactive ketones (excluding diaryl/α,β-unsaturated/α-hetero) is 1. The lowest BCUT2D eigenvalue weighted by Gasteiger charge is -2.07. The van der Waals surface area contributed by atoms with Crippen LogP contribution in [0, 0.1) is 0 Å². The molecule has 0 amide bonds. The SMILES string of the molecule is O=C(CCc1cccc(Oc2ccccc2)c1)C[P+](O)(O)O. The van der Waals surface area contributed by atoms with E-state index in [1.54, 1.807) is 0 Å². The number of ketones is 1. The average Bonchev–Trinajstić information content (AvgIpc) is 2.45. The highest BCUT2D eigenvalue weighted by atomic mass is 31.2. The number of ether oxygens (including phenoxy) is 1. The van der Waals surface area contributed by atoms with Crippen molar-refractivity contribution in [2.75, 3.05) is 6.16 Å². The summed E-state index contributed by atoms with van der Waals surface area (Å²) in [5.41, 5.74) is 0.902. The fourth-order valence-corrected chi connectivity index (χ4v) is 2.62. The van der Waals surface area contributed by atoms with Crippen LogP contribution in [0.1, 0.15) is 12.0 Å². The molecule has 2 rings (SSSR count). The highest BCUT2D eigenvalue weighted by Crippen LogP contribution is 2.44. The first-order valence-corrected chi connectivity index (χ1v) is 8.65. The summed E-state index contributed by atoms with van der Waals surface area (Å²) in [6, 6.07) is 16.7. The van der Waals surface area contributed by atoms with Crippen molar-refractivity contribution in [3.8, 4) is 11.5 Å². The monoisotopic (exact) mass is 321 g/mol. The third-order valence-electron chi connectivity index (χ3n) is 2.96. The van der Waals surface area contributed by atoms with Crippen LogP contribution in [-0.4, -0.2) is 26.6 Å². The Morgan fingerprint density at radius 3 is 2.32 bits per heavy atom. The Morgan fingerprint density at radius 1 is 0.955 bits per heavy atom. The molecular formula is C16H18O5P+. The topological polar surface area (TPSA) is 87.0 Å². The minimum Gasteiger partial charge on any atom is -0.457 e. The van der Waals surface area contributed by atoms with E-state index in [2.05, 4.69) is 0 Å². The Balaban J connectivity index is 1.93. The number of hydrogen-bond acceptors (Lipinski definition) is 5. The molecule has 0 fully saturated rings. The molecule has 0 radical (unpaired) electrons. The number of carbonyl (C=O) groups excluding carboxylic acids is 1. The standard InChI is InChI=1S/C16H18O5P/c17-14(12-22(18,19)20)10-9-13-5-4-8-16(11-13)21-15-6-2-1-3-7-15/h1-8,11,18-20H,9-10,12H2/q+1. The fourth-order valence-electron chi connectivity index (χ4n) is 1.99. The number of aryl methyl sites for hydroxylation is 1. The molecule has 0 heterocycles. The molecule has 0 aromatic heterocycles. The third-order valence-corrected chi connectivity index (χ3v) is 3.74. The molecule has 116 valence electrons. The zero-order valence-corrected chi connectivity index (χ0v) is 12.8. The van der Waals surface area contributed by atoms with Crippen LogP contribution in [-0.2, 0) is 11.2 Å². The van der Waals surface area contributed by atoms with Crippen LogP contribution in [0.3, 0.4) is 0 Å². The first kappa shape index (κ1) is 16.6. The quantitative estimate of drug-likeness (QED) is 0.683. The van der Waals surface area contributed by atoms with Crippen molar-refractivity contribution < 1.29 is 24.2 Å². The van der Waals surface area contributed by atoms with Crippen molar-refractivity contribution in [1.29, 1.82) is 0 Å². The number of rotatable bonds is 7. The minimum absolute atomic E-state index is 0.137. The van der Waals surface area contributed by atoms with Crippen molar-refractivity contribution in [2.24, 2.45) is 0 Å². The molecule has 22 heavy (non-hydrogen) atoms. The molecule has 0 atom stereocenters. The van der Waals surface area contributed by atoms with Crippen LogP contribution in [0.4, 0.5) is 0 Å². The Hall–Kier alpha value is -1.78. The van der Waals surface area contributed by atoms with Gasteiger partial charge in [0.25, 0.3) is 0 Å². The molecule has 2 aromatic rings. The summed E-state index contributed by atoms with van der Waals surface area (Å²) in [6.45, 7) is 0. The van der Waals surface area contributed by atoms with Gasteiger partial charge >= 0.3 is 7.94 Å². The van der Waals surface area contributed by atoms with Crippen molar-refractivity contribution in [1.82, 2.24) is 0 Å². The normalized spacial score (nSPS) is 11.2. The molecule has 0 aliphatic rings. The van der Waals surface area contributed by atoms with E-state index in [-0.39, 0.29) is 12.2 Å². The van der Waals surface area contributed by atoms with E-state index in [0.717, 1.165) is 11.3 Å². The van der Waals surface area contributed by atoms with Crippen LogP contribution < -0.4 is 4.74 Å². The van der Waals surface area contributed by atoms with Crippen LogP contribution in [0.2, 0.25) is 0 Å². The van der Waals surface area contributed by atoms with E-state index < -0.39 is 14.1 Å². The molecule has 0 aliphatic heterocycles. The second-order valence-electron chi connectivity index (χ2n) is 4.95. The van der Waals surface area contributed by atoms with Gasteiger partial charge < -0.3 is 4.74 Å². The van der Waals surface area contributed by atoms with Gasteiger partial charge in [-0.2, -0.15) is 14.7 Å². The van der Waals surface area contributed by atoms with Gasteiger partial charge in [0.2, 0.25) is 0 Å². The second-order valence-corrected chi connectivity index (χ2v) is 6.65. The molecule has 5 nitrogen and oxygen atoms in total. The van der Waals surface area contributed by atoms with Crippen LogP contribution >= 0.6 is 7.94 Å². The molecule has 0 aliphatic carbocycles. The van der Waals surface area contributed by atoms with Gasteiger partial charge in [0, 0.05) is 6.42 Å². The predicted octanol–water partition coefficient (Wildman–Crippen LogP) is 2.72. The fraction of sp³-hybridized carbons (Fsp3) is 0.188. The Bertz CT molecular complexity index is 622. The average molecular weight is 321 g/mol. The maximum absolute atomic E-state index is 11.5. The van der Waals surface area contributed by atoms with E-state index in [1.807, 2.05) is 54.6 Å². The van der Waals surface area contributed by atoms with Crippen molar-refractivity contribution in [2.45, 2.75) is 12.8 Å². The maximum atomic E-state index is 11.5. The Morgan fingerprint density at radius 2 is 1.64 bits per heavy atom. The molecule has 0 unspecified atom stereocenters. The lowest BCUT2D eigenvalue weighted by Crippen LogP contribution is -2.09. The zero-order chi connectivity index (χ0) is 16.0. The molecule has 0 bridgehead atoms. The van der Waals surface area contributed by atoms with Crippen LogP contribution in [0.25, 0.3) is 0 Å². The third kappa shape index (κ3) is 5.92. The van der Waals surface area contributed by atoms with Gasteiger partial charge in [-0.15, -0.1) is 0 Å². The molecule has 0 saturated heterocycles. The van der Waals surface area contributed by atoms with E-state index in [4.69, 9.17) is 19.4 Å². The molecule has 0 spiro atoms. The first-order chi connectivity index (χ1) is 10.4. The van der Waals surface area contributed by atoms with Gasteiger partial charge in [0.05, 0.1) is 0 Å². The van der Waals surface area contributed by atoms with Crippen molar-refractivity contribution >= 4 is 13.7 Å². The smallest absolute Gasteiger partial charge is 0.411 e. The summed E-state index contributed by atoms with van der Waals surface area (Å²) in [5, 5.41) is 0. The molecular weight excluding hydrogens is 303 g/mol. The van der Waals surface area contributed by atoms with Gasteiger partial charge in [-0.3, -0.25) is 4.79 Å². The van der Waals surface area contributed by atoms with Crippen LogP contribution in [0.5, 0.6) is 11.5 Å². The minimum atomic E-state index is -4.02. The number of benzene rings is 2. The lowest BCUT2D eigenvalue weighted by molar-refractivity contribution is -0.116. The van der Waals surface area contributed by atoms with Gasteiger partial charge in [0.15, 0.2) is 11.9 Å². The zero-order valence-electron chi connectivity index (χ0n) is 11.9. The first-order valence-electron chi connectivity index (χ1n) is 6.82. The van der Waals surface area contributed by atoms with E-state index >= 15 is 0 Å². The highest BCUT2D eigenvalue weighted by Gasteiger charge is 2.33. The lowest BCUT2D eigenvalue weighted by atomic mass is 10.1. The molecule has 2 aromatic carbocycles. The predicted molar refractivity (Wildman–Crippen MR) is 84.7 cm³/mol. The van der Waals surface area contributed by atoms with E-state index in [1.165, 1.54) is 0 Å². The van der Waals surface area contributed by atoms with E-state index in [0.29, 0.717) is 12.2 Å². The second kappa shape index (κ2) is 7.47. The maximum Gasteiger partial charge on any atom is 0.411 e. The van der Waals surface area contributed by atoms with E-state index in [9.17, 15) is 4.79 Å². The van der Waals surface area contributed by atoms with Crippen molar-refractivity contribution in [3.05, 3.63) is 60.2 Å². The largest absolute Gasteiger partial charge is 0.457 e. The summed E-state index contributed by atoms with van der Waals surface area (Å²) in [5.74, 6) is 1.02. The molecule has 6 heteroatoms. The van der Waals surface area contributed by atoms with Crippen LogP contribution in [0.15, 0.2) is 54.6 Å². The summed E-state index contributed by atoms with van der Waals surface area (Å²) >= 11 is 0. The van der Waals surface area contributed by atoms with Gasteiger partial charge in [-0.25, -0.2) is 0 Å². The van der Waals surface area contributed by atoms with Gasteiger partial charge in [-0.05, 0) is 36.2 Å². The van der Waals surface area contributed by atoms with Gasteiger partial charge in [-0.1, -0.05) is 30.3 Å². The highest BCUT2D eigenvalue weighted by molar-refractivity contribution is 7.59. The summed E-state index contributed by atoms with van der Waals surface area (Å²) in [7, 11) is -4.02. The van der Waals surface area contributed by atoms with Crippen molar-refractivity contribution in [3.63, 3.8) is 0 Å².